The van der Waals surface area contributed by atoms with Crippen LogP contribution in [0.1, 0.15) is 10.4 Å². The van der Waals surface area contributed by atoms with Gasteiger partial charge in [0.1, 0.15) is 17.8 Å². The van der Waals surface area contributed by atoms with Gasteiger partial charge < -0.3 is 10.5 Å². The molecule has 24 heavy (non-hydrogen) atoms. The van der Waals surface area contributed by atoms with Crippen LogP contribution in [-0.4, -0.2) is 20.9 Å². The zero-order valence-electron chi connectivity index (χ0n) is 12.5. The Labute approximate surface area is 137 Å². The summed E-state index contributed by atoms with van der Waals surface area (Å²) in [6, 6.07) is 12.3. The number of amides is 1. The van der Waals surface area contributed by atoms with E-state index >= 15 is 0 Å². The number of nitrogen functional groups attached to an aromatic ring is 1. The molecule has 1 amide bonds. The highest BCUT2D eigenvalue weighted by Crippen LogP contribution is 2.28. The Morgan fingerprint density at radius 3 is 2.54 bits per heavy atom. The fourth-order valence-electron chi connectivity index (χ4n) is 1.85. The maximum absolute atomic E-state index is 12.0. The zero-order chi connectivity index (χ0) is 16.8. The van der Waals surface area contributed by atoms with Gasteiger partial charge in [-0.25, -0.2) is 4.98 Å². The Bertz CT molecular complexity index is 826. The van der Waals surface area contributed by atoms with Crippen molar-refractivity contribution in [3.63, 3.8) is 0 Å². The number of benzene rings is 1. The normalized spacial score (nSPS) is 10.0. The molecule has 0 aliphatic rings. The summed E-state index contributed by atoms with van der Waals surface area (Å²) in [5.74, 6) is 0.672. The lowest BCUT2D eigenvalue weighted by Crippen LogP contribution is -2.30. The third-order valence-corrected chi connectivity index (χ3v) is 3.04. The van der Waals surface area contributed by atoms with Crippen LogP contribution >= 0.6 is 0 Å². The first kappa shape index (κ1) is 15.2. The second kappa shape index (κ2) is 7.05. The van der Waals surface area contributed by atoms with E-state index in [2.05, 4.69) is 25.8 Å². The molecule has 0 bridgehead atoms. The van der Waals surface area contributed by atoms with Gasteiger partial charge in [-0.3, -0.25) is 20.6 Å². The number of ether oxygens (including phenoxy) is 1. The highest BCUT2D eigenvalue weighted by Gasteiger charge is 2.11. The number of nitrogens with one attached hydrogen (secondary N) is 2. The van der Waals surface area contributed by atoms with Crippen LogP contribution in [0, 0.1) is 0 Å². The Kier molecular flexibility index (Phi) is 4.47. The number of carbonyl (C=O) groups excluding carboxylic acids is 1. The minimum Gasteiger partial charge on any atom is -0.437 e. The summed E-state index contributed by atoms with van der Waals surface area (Å²) < 4.78 is 5.60. The largest absolute Gasteiger partial charge is 0.437 e. The molecule has 0 atom stereocenters. The SMILES string of the molecule is Nc1c(NNC(=O)c2ccncc2)ncnc1Oc1ccccc1. The second-order valence-corrected chi connectivity index (χ2v) is 4.67. The summed E-state index contributed by atoms with van der Waals surface area (Å²) in [7, 11) is 0. The number of para-hydroxylation sites is 1. The molecule has 3 rings (SSSR count). The molecule has 0 saturated carbocycles. The summed E-state index contributed by atoms with van der Waals surface area (Å²) in [6.45, 7) is 0. The van der Waals surface area contributed by atoms with Gasteiger partial charge in [-0.2, -0.15) is 4.98 Å². The number of aromatic nitrogens is 3. The first-order chi connectivity index (χ1) is 11.7. The maximum Gasteiger partial charge on any atom is 0.269 e. The van der Waals surface area contributed by atoms with Crippen molar-refractivity contribution < 1.29 is 9.53 Å². The lowest BCUT2D eigenvalue weighted by atomic mass is 10.3. The molecule has 0 radical (unpaired) electrons. The smallest absolute Gasteiger partial charge is 0.269 e. The number of carbonyl (C=O) groups is 1. The second-order valence-electron chi connectivity index (χ2n) is 4.67. The van der Waals surface area contributed by atoms with E-state index in [1.165, 1.54) is 18.7 Å². The monoisotopic (exact) mass is 322 g/mol. The Morgan fingerprint density at radius 1 is 1.04 bits per heavy atom. The molecule has 0 aliphatic carbocycles. The minimum absolute atomic E-state index is 0.177. The fraction of sp³-hybridized carbons (Fsp3) is 0. The van der Waals surface area contributed by atoms with E-state index in [-0.39, 0.29) is 23.3 Å². The van der Waals surface area contributed by atoms with E-state index in [1.54, 1.807) is 24.3 Å². The van der Waals surface area contributed by atoms with Gasteiger partial charge in [0.25, 0.3) is 5.91 Å². The maximum atomic E-state index is 12.0. The molecular weight excluding hydrogens is 308 g/mol. The lowest BCUT2D eigenvalue weighted by Gasteiger charge is -2.12. The van der Waals surface area contributed by atoms with Crippen LogP contribution < -0.4 is 21.3 Å². The molecule has 120 valence electrons. The van der Waals surface area contributed by atoms with Crippen LogP contribution in [0.5, 0.6) is 11.6 Å². The molecule has 1 aromatic carbocycles. The van der Waals surface area contributed by atoms with Crippen LogP contribution in [0.3, 0.4) is 0 Å². The van der Waals surface area contributed by atoms with Crippen LogP contribution in [-0.2, 0) is 0 Å². The van der Waals surface area contributed by atoms with E-state index in [9.17, 15) is 4.79 Å². The molecule has 2 aromatic heterocycles. The molecular formula is C16H14N6O2. The molecule has 3 aromatic rings. The minimum atomic E-state index is -0.346. The van der Waals surface area contributed by atoms with Gasteiger partial charge in [-0.15, -0.1) is 0 Å². The lowest BCUT2D eigenvalue weighted by molar-refractivity contribution is 0.0962. The predicted octanol–water partition coefficient (Wildman–Crippen LogP) is 2.00. The number of rotatable bonds is 5. The molecule has 0 unspecified atom stereocenters. The molecule has 8 nitrogen and oxygen atoms in total. The molecule has 4 N–H and O–H groups in total. The van der Waals surface area contributed by atoms with Crippen molar-refractivity contribution in [2.45, 2.75) is 0 Å². The summed E-state index contributed by atoms with van der Waals surface area (Å²) in [5, 5.41) is 0. The fourth-order valence-corrected chi connectivity index (χ4v) is 1.85. The van der Waals surface area contributed by atoms with Crippen molar-refractivity contribution >= 4 is 17.4 Å². The van der Waals surface area contributed by atoms with Gasteiger partial charge in [-0.05, 0) is 24.3 Å². The van der Waals surface area contributed by atoms with Gasteiger partial charge in [-0.1, -0.05) is 18.2 Å². The first-order valence-electron chi connectivity index (χ1n) is 7.04. The summed E-state index contributed by atoms with van der Waals surface area (Å²) >= 11 is 0. The molecule has 0 spiro atoms. The molecule has 2 heterocycles. The number of hydrazine groups is 1. The third-order valence-electron chi connectivity index (χ3n) is 3.04. The Hall–Kier alpha value is -3.68. The van der Waals surface area contributed by atoms with E-state index in [1.807, 2.05) is 18.2 Å². The zero-order valence-corrected chi connectivity index (χ0v) is 12.5. The van der Waals surface area contributed by atoms with Crippen LogP contribution in [0.25, 0.3) is 0 Å². The van der Waals surface area contributed by atoms with Gasteiger partial charge in [0.2, 0.25) is 5.88 Å². The van der Waals surface area contributed by atoms with Gasteiger partial charge >= 0.3 is 0 Å². The van der Waals surface area contributed by atoms with E-state index in [4.69, 9.17) is 10.5 Å². The van der Waals surface area contributed by atoms with E-state index in [0.717, 1.165) is 0 Å². The Morgan fingerprint density at radius 2 is 1.79 bits per heavy atom. The number of hydrogen-bond donors (Lipinski definition) is 3. The number of hydrogen-bond acceptors (Lipinski definition) is 7. The number of nitrogens with two attached hydrogens (primary N) is 1. The summed E-state index contributed by atoms with van der Waals surface area (Å²) in [4.78, 5) is 23.8. The Balaban J connectivity index is 1.70. The van der Waals surface area contributed by atoms with Gasteiger partial charge in [0.05, 0.1) is 0 Å². The first-order valence-corrected chi connectivity index (χ1v) is 7.04. The van der Waals surface area contributed by atoms with E-state index in [0.29, 0.717) is 11.3 Å². The topological polar surface area (TPSA) is 115 Å². The van der Waals surface area contributed by atoms with Crippen LogP contribution in [0.2, 0.25) is 0 Å². The number of pyridine rings is 1. The number of anilines is 2. The van der Waals surface area contributed by atoms with Gasteiger partial charge in [0.15, 0.2) is 5.82 Å². The third kappa shape index (κ3) is 3.55. The molecule has 0 fully saturated rings. The highest BCUT2D eigenvalue weighted by molar-refractivity contribution is 5.94. The molecule has 8 heteroatoms. The van der Waals surface area contributed by atoms with Crippen molar-refractivity contribution in [2.75, 3.05) is 11.2 Å². The van der Waals surface area contributed by atoms with Crippen molar-refractivity contribution in [2.24, 2.45) is 0 Å². The highest BCUT2D eigenvalue weighted by atomic mass is 16.5. The van der Waals surface area contributed by atoms with Gasteiger partial charge in [0, 0.05) is 18.0 Å². The van der Waals surface area contributed by atoms with Crippen molar-refractivity contribution in [1.82, 2.24) is 20.4 Å². The molecule has 0 saturated heterocycles. The molecule has 0 aliphatic heterocycles. The standard InChI is InChI=1S/C16H14N6O2/c17-13-14(21-22-15(23)11-6-8-18-9-7-11)19-10-20-16(13)24-12-4-2-1-3-5-12/h1-10H,17H2,(H,22,23)(H,19,20,21). The quantitative estimate of drug-likeness (QED) is 0.615. The van der Waals surface area contributed by atoms with Crippen molar-refractivity contribution in [3.05, 3.63) is 66.7 Å². The van der Waals surface area contributed by atoms with E-state index < -0.39 is 0 Å². The predicted molar refractivity (Wildman–Crippen MR) is 88.3 cm³/mol. The van der Waals surface area contributed by atoms with Crippen LogP contribution in [0.4, 0.5) is 11.5 Å². The average Bonchev–Trinajstić information content (AvgIpc) is 2.64. The average molecular weight is 322 g/mol. The summed E-state index contributed by atoms with van der Waals surface area (Å²) in [5.41, 5.74) is 11.8. The van der Waals surface area contributed by atoms with Crippen molar-refractivity contribution in [3.8, 4) is 11.6 Å². The summed E-state index contributed by atoms with van der Waals surface area (Å²) in [6.07, 6.45) is 4.34. The number of nitrogens with zero attached hydrogens (tertiary/aromatic N) is 3. The van der Waals surface area contributed by atoms with Crippen LogP contribution in [0.15, 0.2) is 61.2 Å². The van der Waals surface area contributed by atoms with Crippen molar-refractivity contribution in [1.29, 1.82) is 0 Å².